The van der Waals surface area contributed by atoms with Crippen LogP contribution in [0.25, 0.3) is 10.8 Å². The number of benzene rings is 3. The smallest absolute Gasteiger partial charge is 0.227 e. The standard InChI is InChI=1S/C23H25NO2/c1-17(23(25)24-14-6-9-18-7-4-3-5-8-18)19-10-11-21-16-22(26-2)13-12-20(21)15-19/h3-5,7-8,10-13,15-17H,6,9,14H2,1-2H3,(H,24,25)/t17-/m0/s1. The number of carbonyl (C=O) groups excluding carboxylic acids is 1. The van der Waals surface area contributed by atoms with Gasteiger partial charge >= 0.3 is 0 Å². The number of rotatable bonds is 7. The number of hydrogen-bond acceptors (Lipinski definition) is 2. The fraction of sp³-hybridized carbons (Fsp3) is 0.261. The lowest BCUT2D eigenvalue weighted by atomic mass is 9.97. The lowest BCUT2D eigenvalue weighted by molar-refractivity contribution is -0.122. The summed E-state index contributed by atoms with van der Waals surface area (Å²) >= 11 is 0. The van der Waals surface area contributed by atoms with Crippen molar-refractivity contribution in [2.75, 3.05) is 13.7 Å². The molecule has 26 heavy (non-hydrogen) atoms. The van der Waals surface area contributed by atoms with Crippen molar-refractivity contribution < 1.29 is 9.53 Å². The summed E-state index contributed by atoms with van der Waals surface area (Å²) in [5.74, 6) is 0.749. The van der Waals surface area contributed by atoms with Gasteiger partial charge in [0.25, 0.3) is 0 Å². The van der Waals surface area contributed by atoms with Crippen LogP contribution in [0.1, 0.15) is 30.4 Å². The van der Waals surface area contributed by atoms with Gasteiger partial charge in [0.05, 0.1) is 13.0 Å². The Morgan fingerprint density at radius 3 is 2.50 bits per heavy atom. The van der Waals surface area contributed by atoms with Crippen LogP contribution in [0.4, 0.5) is 0 Å². The third kappa shape index (κ3) is 4.42. The van der Waals surface area contributed by atoms with Gasteiger partial charge in [0.1, 0.15) is 5.75 Å². The summed E-state index contributed by atoms with van der Waals surface area (Å²) in [5, 5.41) is 5.29. The molecule has 1 atom stereocenters. The molecule has 3 aromatic rings. The Balaban J connectivity index is 1.56. The van der Waals surface area contributed by atoms with Gasteiger partial charge in [-0.15, -0.1) is 0 Å². The SMILES string of the molecule is COc1ccc2cc([C@H](C)C(=O)NCCCc3ccccc3)ccc2c1. The van der Waals surface area contributed by atoms with Crippen LogP contribution < -0.4 is 10.1 Å². The fourth-order valence-corrected chi connectivity index (χ4v) is 3.09. The van der Waals surface area contributed by atoms with Gasteiger partial charge in [0.2, 0.25) is 5.91 Å². The van der Waals surface area contributed by atoms with E-state index in [-0.39, 0.29) is 11.8 Å². The lowest BCUT2D eigenvalue weighted by Gasteiger charge is -2.14. The normalized spacial score (nSPS) is 11.9. The predicted molar refractivity (Wildman–Crippen MR) is 107 cm³/mol. The predicted octanol–water partition coefficient (Wildman–Crippen LogP) is 4.70. The molecule has 0 aliphatic heterocycles. The summed E-state index contributed by atoms with van der Waals surface area (Å²) in [5.41, 5.74) is 2.34. The van der Waals surface area contributed by atoms with Crippen molar-refractivity contribution in [1.82, 2.24) is 5.32 Å². The maximum absolute atomic E-state index is 12.5. The van der Waals surface area contributed by atoms with Gasteiger partial charge in [-0.2, -0.15) is 0 Å². The Morgan fingerprint density at radius 1 is 1.00 bits per heavy atom. The van der Waals surface area contributed by atoms with Crippen LogP contribution in [0.15, 0.2) is 66.7 Å². The molecule has 3 rings (SSSR count). The summed E-state index contributed by atoms with van der Waals surface area (Å²) in [4.78, 5) is 12.5. The van der Waals surface area contributed by atoms with Crippen molar-refractivity contribution in [1.29, 1.82) is 0 Å². The van der Waals surface area contributed by atoms with Gasteiger partial charge in [-0.25, -0.2) is 0 Å². The van der Waals surface area contributed by atoms with Gasteiger partial charge in [-0.3, -0.25) is 4.79 Å². The molecule has 0 fully saturated rings. The summed E-state index contributed by atoms with van der Waals surface area (Å²) in [6, 6.07) is 22.5. The first-order valence-electron chi connectivity index (χ1n) is 9.07. The summed E-state index contributed by atoms with van der Waals surface area (Å²) < 4.78 is 5.26. The van der Waals surface area contributed by atoms with E-state index in [1.807, 2.05) is 55.5 Å². The Morgan fingerprint density at radius 2 is 1.73 bits per heavy atom. The molecule has 0 heterocycles. The molecular weight excluding hydrogens is 322 g/mol. The maximum atomic E-state index is 12.5. The first kappa shape index (κ1) is 18.0. The van der Waals surface area contributed by atoms with Crippen LogP contribution in [0, 0.1) is 0 Å². The summed E-state index contributed by atoms with van der Waals surface area (Å²) in [6.07, 6.45) is 1.92. The first-order chi connectivity index (χ1) is 12.7. The molecule has 3 heteroatoms. The highest BCUT2D eigenvalue weighted by atomic mass is 16.5. The van der Waals surface area contributed by atoms with E-state index < -0.39 is 0 Å². The van der Waals surface area contributed by atoms with E-state index in [1.54, 1.807) is 7.11 Å². The van der Waals surface area contributed by atoms with E-state index >= 15 is 0 Å². The number of aryl methyl sites for hydroxylation is 1. The molecule has 1 N–H and O–H groups in total. The Kier molecular flexibility index (Phi) is 5.90. The molecule has 0 aliphatic rings. The van der Waals surface area contributed by atoms with Gasteiger partial charge in [0, 0.05) is 6.54 Å². The molecular formula is C23H25NO2. The van der Waals surface area contributed by atoms with Gasteiger partial charge < -0.3 is 10.1 Å². The van der Waals surface area contributed by atoms with Crippen molar-refractivity contribution in [3.8, 4) is 5.75 Å². The molecule has 134 valence electrons. The highest BCUT2D eigenvalue weighted by molar-refractivity contribution is 5.88. The molecule has 0 spiro atoms. The zero-order valence-corrected chi connectivity index (χ0v) is 15.4. The number of ether oxygens (including phenoxy) is 1. The number of hydrogen-bond donors (Lipinski definition) is 1. The van der Waals surface area contributed by atoms with Gasteiger partial charge in [-0.1, -0.05) is 54.6 Å². The Hall–Kier alpha value is -2.81. The summed E-state index contributed by atoms with van der Waals surface area (Å²) in [6.45, 7) is 2.65. The fourth-order valence-electron chi connectivity index (χ4n) is 3.09. The quantitative estimate of drug-likeness (QED) is 0.629. The molecule has 0 unspecified atom stereocenters. The number of carbonyl (C=O) groups is 1. The van der Waals surface area contributed by atoms with E-state index in [2.05, 4.69) is 23.5 Å². The van der Waals surface area contributed by atoms with E-state index in [0.717, 1.165) is 34.9 Å². The van der Waals surface area contributed by atoms with Crippen LogP contribution in [0.3, 0.4) is 0 Å². The molecule has 0 radical (unpaired) electrons. The molecule has 3 aromatic carbocycles. The second-order valence-corrected chi connectivity index (χ2v) is 6.57. The molecule has 0 bridgehead atoms. The molecule has 0 aromatic heterocycles. The molecule has 3 nitrogen and oxygen atoms in total. The average Bonchev–Trinajstić information content (AvgIpc) is 2.70. The van der Waals surface area contributed by atoms with E-state index in [4.69, 9.17) is 4.74 Å². The zero-order valence-electron chi connectivity index (χ0n) is 15.4. The maximum Gasteiger partial charge on any atom is 0.227 e. The van der Waals surface area contributed by atoms with Crippen LogP contribution in [-0.4, -0.2) is 19.6 Å². The van der Waals surface area contributed by atoms with Crippen LogP contribution >= 0.6 is 0 Å². The second-order valence-electron chi connectivity index (χ2n) is 6.57. The lowest BCUT2D eigenvalue weighted by Crippen LogP contribution is -2.29. The van der Waals surface area contributed by atoms with Crippen molar-refractivity contribution in [3.63, 3.8) is 0 Å². The highest BCUT2D eigenvalue weighted by Crippen LogP contribution is 2.25. The van der Waals surface area contributed by atoms with Gasteiger partial charge in [-0.05, 0) is 53.8 Å². The van der Waals surface area contributed by atoms with Crippen LogP contribution in [-0.2, 0) is 11.2 Å². The van der Waals surface area contributed by atoms with Crippen LogP contribution in [0.2, 0.25) is 0 Å². The highest BCUT2D eigenvalue weighted by Gasteiger charge is 2.15. The largest absolute Gasteiger partial charge is 0.497 e. The molecule has 0 aliphatic carbocycles. The minimum atomic E-state index is -0.168. The van der Waals surface area contributed by atoms with Gasteiger partial charge in [0.15, 0.2) is 0 Å². The monoisotopic (exact) mass is 347 g/mol. The van der Waals surface area contributed by atoms with E-state index in [1.165, 1.54) is 5.56 Å². The van der Waals surface area contributed by atoms with E-state index in [0.29, 0.717) is 6.54 Å². The number of methoxy groups -OCH3 is 1. The molecule has 0 saturated heterocycles. The topological polar surface area (TPSA) is 38.3 Å². The number of amides is 1. The summed E-state index contributed by atoms with van der Waals surface area (Å²) in [7, 11) is 1.67. The number of fused-ring (bicyclic) bond motifs is 1. The third-order valence-corrected chi connectivity index (χ3v) is 4.75. The molecule has 1 amide bonds. The first-order valence-corrected chi connectivity index (χ1v) is 9.07. The van der Waals surface area contributed by atoms with Crippen molar-refractivity contribution >= 4 is 16.7 Å². The molecule has 0 saturated carbocycles. The number of nitrogens with one attached hydrogen (secondary N) is 1. The Bertz CT molecular complexity index is 874. The van der Waals surface area contributed by atoms with Crippen molar-refractivity contribution in [3.05, 3.63) is 77.9 Å². The second kappa shape index (κ2) is 8.52. The third-order valence-electron chi connectivity index (χ3n) is 4.75. The minimum absolute atomic E-state index is 0.0749. The Labute approximate surface area is 155 Å². The van der Waals surface area contributed by atoms with E-state index in [9.17, 15) is 4.79 Å². The van der Waals surface area contributed by atoms with Crippen molar-refractivity contribution in [2.45, 2.75) is 25.7 Å². The minimum Gasteiger partial charge on any atom is -0.497 e. The average molecular weight is 347 g/mol. The van der Waals surface area contributed by atoms with Crippen molar-refractivity contribution in [2.24, 2.45) is 0 Å². The van der Waals surface area contributed by atoms with Crippen LogP contribution in [0.5, 0.6) is 5.75 Å². The zero-order chi connectivity index (χ0) is 18.4.